The van der Waals surface area contributed by atoms with Crippen LogP contribution in [0.2, 0.25) is 0 Å². The monoisotopic (exact) mass is 227 g/mol. The number of carbonyl (C=O) groups is 1. The zero-order valence-corrected chi connectivity index (χ0v) is 9.41. The van der Waals surface area contributed by atoms with Crippen LogP contribution in [0.5, 0.6) is 0 Å². The molecule has 1 aromatic rings. The molecule has 2 rings (SSSR count). The van der Waals surface area contributed by atoms with Crippen molar-refractivity contribution in [3.05, 3.63) is 11.1 Å². The second kappa shape index (κ2) is 3.36. The number of anilines is 1. The van der Waals surface area contributed by atoms with E-state index in [2.05, 4.69) is 4.98 Å². The molecule has 0 saturated carbocycles. The quantitative estimate of drug-likeness (QED) is 0.796. The Balaban J connectivity index is 2.35. The summed E-state index contributed by atoms with van der Waals surface area (Å²) in [6.07, 6.45) is 0. The highest BCUT2D eigenvalue weighted by Gasteiger charge is 2.36. The van der Waals surface area contributed by atoms with Crippen LogP contribution in [-0.4, -0.2) is 21.3 Å². The predicted molar refractivity (Wildman–Crippen MR) is 59.1 cm³/mol. The fraction of sp³-hybridized carbons (Fsp3) is 0.375. The third-order valence-electron chi connectivity index (χ3n) is 1.86. The summed E-state index contributed by atoms with van der Waals surface area (Å²) in [6.45, 7) is 3.68. The number of amides is 1. The minimum absolute atomic E-state index is 0.0469. The second-order valence-electron chi connectivity index (χ2n) is 3.01. The first kappa shape index (κ1) is 9.67. The molecule has 1 aromatic heterocycles. The Morgan fingerprint density at radius 2 is 2.36 bits per heavy atom. The number of hydrogen-bond acceptors (Lipinski definition) is 5. The smallest absolute Gasteiger partial charge is 0.248 e. The van der Waals surface area contributed by atoms with Gasteiger partial charge in [0.2, 0.25) is 5.91 Å². The molecule has 14 heavy (non-hydrogen) atoms. The average molecular weight is 227 g/mol. The van der Waals surface area contributed by atoms with Gasteiger partial charge in [-0.2, -0.15) is 0 Å². The van der Waals surface area contributed by atoms with E-state index in [-0.39, 0.29) is 16.3 Å². The number of aryl methyl sites for hydroxylation is 1. The maximum Gasteiger partial charge on any atom is 0.248 e. The number of amidine groups is 1. The molecule has 4 nitrogen and oxygen atoms in total. The van der Waals surface area contributed by atoms with Gasteiger partial charge in [-0.1, -0.05) is 11.8 Å². The van der Waals surface area contributed by atoms with Crippen molar-refractivity contribution >= 4 is 39.3 Å². The summed E-state index contributed by atoms with van der Waals surface area (Å²) in [5.74, 6) is -0.0469. The number of hydrogen-bond donors (Lipinski definition) is 1. The third kappa shape index (κ3) is 1.44. The molecule has 0 radical (unpaired) electrons. The summed E-state index contributed by atoms with van der Waals surface area (Å²) in [4.78, 5) is 17.2. The van der Waals surface area contributed by atoms with E-state index in [4.69, 9.17) is 5.41 Å². The van der Waals surface area contributed by atoms with Crippen molar-refractivity contribution in [2.45, 2.75) is 19.1 Å². The molecule has 2 heterocycles. The minimum Gasteiger partial charge on any atom is -0.278 e. The average Bonchev–Trinajstić information content (AvgIpc) is 2.60. The Hall–Kier alpha value is -0.880. The summed E-state index contributed by atoms with van der Waals surface area (Å²) in [5, 5.41) is 10.2. The molecule has 1 fully saturated rings. The van der Waals surface area contributed by atoms with Crippen molar-refractivity contribution in [3.63, 3.8) is 0 Å². The summed E-state index contributed by atoms with van der Waals surface area (Å²) >= 11 is 2.66. The molecule has 1 amide bonds. The van der Waals surface area contributed by atoms with E-state index < -0.39 is 0 Å². The van der Waals surface area contributed by atoms with Crippen LogP contribution < -0.4 is 4.90 Å². The number of carbonyl (C=O) groups excluding carboxylic acids is 1. The fourth-order valence-electron chi connectivity index (χ4n) is 1.18. The Morgan fingerprint density at radius 3 is 2.79 bits per heavy atom. The van der Waals surface area contributed by atoms with Crippen LogP contribution in [0, 0.1) is 12.3 Å². The molecular formula is C8H9N3OS2. The molecule has 1 N–H and O–H groups in total. The summed E-state index contributed by atoms with van der Waals surface area (Å²) in [5.41, 5.74) is 0.884. The highest BCUT2D eigenvalue weighted by molar-refractivity contribution is 8.16. The first-order valence-electron chi connectivity index (χ1n) is 4.11. The second-order valence-corrected chi connectivity index (χ2v) is 5.18. The normalized spacial score (nSPS) is 22.1. The van der Waals surface area contributed by atoms with E-state index in [1.54, 1.807) is 0 Å². The predicted octanol–water partition coefficient (Wildman–Crippen LogP) is 1.85. The maximum absolute atomic E-state index is 11.7. The number of thiazole rings is 1. The van der Waals surface area contributed by atoms with E-state index in [0.717, 1.165) is 5.69 Å². The number of thioether (sulfide) groups is 1. The van der Waals surface area contributed by atoms with Crippen LogP contribution in [-0.2, 0) is 4.79 Å². The number of nitrogens with zero attached hydrogens (tertiary/aromatic N) is 2. The van der Waals surface area contributed by atoms with Crippen molar-refractivity contribution in [1.29, 1.82) is 5.41 Å². The zero-order valence-electron chi connectivity index (χ0n) is 7.77. The molecule has 1 atom stereocenters. The standard InChI is InChI=1S/C8H9N3OS2/c1-4-3-13-8(10-4)11-6(12)5(2)14-7(11)9/h3,5,9H,1-2H3/t5-/m0/s1. The molecule has 1 saturated heterocycles. The number of rotatable bonds is 1. The van der Waals surface area contributed by atoms with Gasteiger partial charge in [-0.25, -0.2) is 9.88 Å². The first-order valence-corrected chi connectivity index (χ1v) is 5.87. The molecule has 74 valence electrons. The van der Waals surface area contributed by atoms with Gasteiger partial charge in [0.25, 0.3) is 0 Å². The Bertz CT molecular complexity index is 401. The molecule has 0 unspecified atom stereocenters. The lowest BCUT2D eigenvalue weighted by Gasteiger charge is -2.09. The Kier molecular flexibility index (Phi) is 2.32. The molecule has 0 aliphatic carbocycles. The number of nitrogens with one attached hydrogen (secondary N) is 1. The highest BCUT2D eigenvalue weighted by atomic mass is 32.2. The summed E-state index contributed by atoms with van der Waals surface area (Å²) < 4.78 is 0. The SMILES string of the molecule is Cc1csc(N2C(=N)S[C@@H](C)C2=O)n1. The van der Waals surface area contributed by atoms with Gasteiger partial charge in [-0.05, 0) is 13.8 Å². The van der Waals surface area contributed by atoms with Crippen molar-refractivity contribution in [3.8, 4) is 0 Å². The van der Waals surface area contributed by atoms with Crippen molar-refractivity contribution < 1.29 is 4.79 Å². The van der Waals surface area contributed by atoms with Crippen LogP contribution >= 0.6 is 23.1 Å². The Morgan fingerprint density at radius 1 is 1.64 bits per heavy atom. The van der Waals surface area contributed by atoms with Gasteiger partial charge >= 0.3 is 0 Å². The molecular weight excluding hydrogens is 218 g/mol. The Labute approximate surface area is 89.8 Å². The molecule has 0 spiro atoms. The largest absolute Gasteiger partial charge is 0.278 e. The minimum atomic E-state index is -0.160. The van der Waals surface area contributed by atoms with Gasteiger partial charge in [0.05, 0.1) is 10.9 Å². The lowest BCUT2D eigenvalue weighted by Crippen LogP contribution is -2.30. The molecule has 1 aliphatic rings. The van der Waals surface area contributed by atoms with Crippen LogP contribution in [0.4, 0.5) is 5.13 Å². The zero-order chi connectivity index (χ0) is 10.3. The van der Waals surface area contributed by atoms with E-state index in [9.17, 15) is 4.79 Å². The van der Waals surface area contributed by atoms with E-state index in [1.807, 2.05) is 19.2 Å². The first-order chi connectivity index (χ1) is 6.59. The molecule has 0 bridgehead atoms. The van der Waals surface area contributed by atoms with Gasteiger partial charge in [-0.15, -0.1) is 11.3 Å². The lowest BCUT2D eigenvalue weighted by molar-refractivity contribution is -0.116. The van der Waals surface area contributed by atoms with Crippen LogP contribution in [0.1, 0.15) is 12.6 Å². The summed E-state index contributed by atoms with van der Waals surface area (Å²) in [6, 6.07) is 0. The molecule has 6 heteroatoms. The van der Waals surface area contributed by atoms with E-state index in [0.29, 0.717) is 5.13 Å². The van der Waals surface area contributed by atoms with Gasteiger partial charge in [-0.3, -0.25) is 10.2 Å². The topological polar surface area (TPSA) is 57.1 Å². The van der Waals surface area contributed by atoms with Crippen molar-refractivity contribution in [1.82, 2.24) is 4.98 Å². The fourth-order valence-corrected chi connectivity index (χ4v) is 2.87. The number of aromatic nitrogens is 1. The maximum atomic E-state index is 11.7. The van der Waals surface area contributed by atoms with E-state index >= 15 is 0 Å². The third-order valence-corrected chi connectivity index (χ3v) is 3.76. The summed E-state index contributed by atoms with van der Waals surface area (Å²) in [7, 11) is 0. The van der Waals surface area contributed by atoms with Crippen LogP contribution in [0.3, 0.4) is 0 Å². The van der Waals surface area contributed by atoms with Crippen LogP contribution in [0.25, 0.3) is 0 Å². The highest BCUT2D eigenvalue weighted by Crippen LogP contribution is 2.32. The van der Waals surface area contributed by atoms with Crippen LogP contribution in [0.15, 0.2) is 5.38 Å². The molecule has 0 aromatic carbocycles. The van der Waals surface area contributed by atoms with E-state index in [1.165, 1.54) is 28.0 Å². The molecule has 1 aliphatic heterocycles. The van der Waals surface area contributed by atoms with Gasteiger partial charge < -0.3 is 0 Å². The van der Waals surface area contributed by atoms with Gasteiger partial charge in [0.1, 0.15) is 0 Å². The lowest BCUT2D eigenvalue weighted by atomic mass is 10.4. The van der Waals surface area contributed by atoms with Crippen molar-refractivity contribution in [2.75, 3.05) is 4.90 Å². The van der Waals surface area contributed by atoms with Gasteiger partial charge in [0, 0.05) is 5.38 Å². The van der Waals surface area contributed by atoms with Gasteiger partial charge in [0.15, 0.2) is 10.3 Å². The van der Waals surface area contributed by atoms with Crippen molar-refractivity contribution in [2.24, 2.45) is 0 Å².